The van der Waals surface area contributed by atoms with E-state index in [9.17, 15) is 0 Å². The van der Waals surface area contributed by atoms with Crippen molar-refractivity contribution in [2.24, 2.45) is 0 Å². The Morgan fingerprint density at radius 3 is 2.75 bits per heavy atom. The van der Waals surface area contributed by atoms with Gasteiger partial charge >= 0.3 is 0 Å². The van der Waals surface area contributed by atoms with E-state index in [0.717, 1.165) is 10.8 Å². The van der Waals surface area contributed by atoms with E-state index in [4.69, 9.17) is 5.26 Å². The maximum Gasteiger partial charge on any atom is 0.0998 e. The highest BCUT2D eigenvalue weighted by atomic mass is 14.2. The Labute approximate surface area is 70.9 Å². The summed E-state index contributed by atoms with van der Waals surface area (Å²) in [5.74, 6) is 0. The third kappa shape index (κ3) is 1.04. The van der Waals surface area contributed by atoms with Crippen LogP contribution >= 0.6 is 0 Å². The summed E-state index contributed by atoms with van der Waals surface area (Å²) in [4.78, 5) is 0. The summed E-state index contributed by atoms with van der Waals surface area (Å²) in [5.41, 5.74) is 0.591. The molecule has 0 atom stereocenters. The van der Waals surface area contributed by atoms with Gasteiger partial charge in [0.25, 0.3) is 0 Å². The van der Waals surface area contributed by atoms with Crippen LogP contribution in [0.5, 0.6) is 0 Å². The minimum absolute atomic E-state index is 0.591. The van der Waals surface area contributed by atoms with E-state index in [0.29, 0.717) is 5.56 Å². The van der Waals surface area contributed by atoms with Gasteiger partial charge in [-0.3, -0.25) is 0 Å². The number of nitriles is 1. The van der Waals surface area contributed by atoms with Crippen molar-refractivity contribution in [3.05, 3.63) is 48.0 Å². The molecule has 0 aromatic heterocycles. The molecule has 1 radical (unpaired) electrons. The van der Waals surface area contributed by atoms with Crippen molar-refractivity contribution in [3.8, 4) is 6.07 Å². The second-order valence-corrected chi connectivity index (χ2v) is 2.57. The summed E-state index contributed by atoms with van der Waals surface area (Å²) in [6, 6.07) is 16.7. The lowest BCUT2D eigenvalue weighted by atomic mass is 10.1. The van der Waals surface area contributed by atoms with Crippen LogP contribution in [0.25, 0.3) is 10.8 Å². The molecule has 0 unspecified atom stereocenters. The molecular formula is C11H6N. The molecule has 0 aliphatic heterocycles. The fourth-order valence-electron chi connectivity index (χ4n) is 1.18. The Morgan fingerprint density at radius 2 is 1.92 bits per heavy atom. The zero-order chi connectivity index (χ0) is 8.39. The molecule has 0 saturated carbocycles. The summed E-state index contributed by atoms with van der Waals surface area (Å²) < 4.78 is 0. The molecule has 0 amide bonds. The van der Waals surface area contributed by atoms with E-state index in [2.05, 4.69) is 12.1 Å². The molecule has 0 fully saturated rings. The van der Waals surface area contributed by atoms with Gasteiger partial charge in [-0.15, -0.1) is 0 Å². The van der Waals surface area contributed by atoms with Crippen molar-refractivity contribution in [1.82, 2.24) is 0 Å². The maximum atomic E-state index is 8.62. The molecule has 2 aromatic rings. The Balaban J connectivity index is 2.78. The van der Waals surface area contributed by atoms with E-state index >= 15 is 0 Å². The van der Waals surface area contributed by atoms with Crippen LogP contribution in [0.15, 0.2) is 36.4 Å². The molecule has 0 bridgehead atoms. The van der Waals surface area contributed by atoms with Gasteiger partial charge in [0.15, 0.2) is 0 Å². The third-order valence-electron chi connectivity index (χ3n) is 1.78. The van der Waals surface area contributed by atoms with Crippen molar-refractivity contribution in [2.75, 3.05) is 0 Å². The van der Waals surface area contributed by atoms with Gasteiger partial charge < -0.3 is 0 Å². The molecular weight excluding hydrogens is 146 g/mol. The van der Waals surface area contributed by atoms with Crippen molar-refractivity contribution >= 4 is 10.8 Å². The number of benzene rings is 2. The SMILES string of the molecule is N#Cc1[c]c2ccccc2cc1. The summed E-state index contributed by atoms with van der Waals surface area (Å²) in [6.45, 7) is 0. The molecule has 1 nitrogen and oxygen atoms in total. The molecule has 1 heteroatoms. The molecule has 0 saturated heterocycles. The van der Waals surface area contributed by atoms with Gasteiger partial charge in [0.05, 0.1) is 11.6 Å². The first-order valence-corrected chi connectivity index (χ1v) is 3.71. The monoisotopic (exact) mass is 152 g/mol. The lowest BCUT2D eigenvalue weighted by Crippen LogP contribution is -1.75. The average Bonchev–Trinajstić information content (AvgIpc) is 2.17. The van der Waals surface area contributed by atoms with Crippen LogP contribution in [0, 0.1) is 17.4 Å². The van der Waals surface area contributed by atoms with E-state index in [1.807, 2.05) is 30.3 Å². The zero-order valence-corrected chi connectivity index (χ0v) is 6.41. The molecule has 2 rings (SSSR count). The number of fused-ring (bicyclic) bond motifs is 1. The first kappa shape index (κ1) is 6.87. The first-order valence-electron chi connectivity index (χ1n) is 3.71. The Hall–Kier alpha value is -1.81. The number of nitrogens with zero attached hydrogens (tertiary/aromatic N) is 1. The topological polar surface area (TPSA) is 23.8 Å². The van der Waals surface area contributed by atoms with Crippen LogP contribution < -0.4 is 0 Å². The lowest BCUT2D eigenvalue weighted by Gasteiger charge is -1.94. The molecule has 0 N–H and O–H groups in total. The quantitative estimate of drug-likeness (QED) is 0.569. The minimum Gasteiger partial charge on any atom is -0.192 e. The standard InChI is InChI=1S/C11H6N/c12-8-9-5-6-10-3-1-2-4-11(10)7-9/h1-6H. The van der Waals surface area contributed by atoms with Gasteiger partial charge in [-0.2, -0.15) is 5.26 Å². The second-order valence-electron chi connectivity index (χ2n) is 2.57. The zero-order valence-electron chi connectivity index (χ0n) is 6.41. The van der Waals surface area contributed by atoms with Crippen molar-refractivity contribution in [2.45, 2.75) is 0 Å². The van der Waals surface area contributed by atoms with Crippen molar-refractivity contribution < 1.29 is 0 Å². The smallest absolute Gasteiger partial charge is 0.0998 e. The van der Waals surface area contributed by atoms with Crippen molar-refractivity contribution in [3.63, 3.8) is 0 Å². The predicted molar refractivity (Wildman–Crippen MR) is 47.5 cm³/mol. The highest BCUT2D eigenvalue weighted by Crippen LogP contribution is 2.13. The molecule has 0 aliphatic carbocycles. The fraction of sp³-hybridized carbons (Fsp3) is 0. The minimum atomic E-state index is 0.591. The van der Waals surface area contributed by atoms with Crippen LogP contribution in [-0.2, 0) is 0 Å². The highest BCUT2D eigenvalue weighted by molar-refractivity contribution is 5.82. The Morgan fingerprint density at radius 1 is 1.08 bits per heavy atom. The molecule has 0 spiro atoms. The van der Waals surface area contributed by atoms with E-state index in [1.54, 1.807) is 6.07 Å². The number of hydrogen-bond acceptors (Lipinski definition) is 1. The normalized spacial score (nSPS) is 9.58. The van der Waals surface area contributed by atoms with E-state index in [1.165, 1.54) is 0 Å². The van der Waals surface area contributed by atoms with Gasteiger partial charge in [-0.1, -0.05) is 30.3 Å². The fourth-order valence-corrected chi connectivity index (χ4v) is 1.18. The predicted octanol–water partition coefficient (Wildman–Crippen LogP) is 2.51. The molecule has 0 heterocycles. The second kappa shape index (κ2) is 2.67. The first-order chi connectivity index (χ1) is 5.90. The van der Waals surface area contributed by atoms with Crippen LogP contribution in [0.2, 0.25) is 0 Å². The van der Waals surface area contributed by atoms with Crippen LogP contribution in [0.1, 0.15) is 5.56 Å². The summed E-state index contributed by atoms with van der Waals surface area (Å²) >= 11 is 0. The summed E-state index contributed by atoms with van der Waals surface area (Å²) in [5, 5.41) is 10.7. The van der Waals surface area contributed by atoms with Gasteiger partial charge in [0.1, 0.15) is 0 Å². The summed E-state index contributed by atoms with van der Waals surface area (Å²) in [6.07, 6.45) is 0. The van der Waals surface area contributed by atoms with Crippen LogP contribution in [0.3, 0.4) is 0 Å². The molecule has 55 valence electrons. The number of hydrogen-bond donors (Lipinski definition) is 0. The molecule has 2 aromatic carbocycles. The highest BCUT2D eigenvalue weighted by Gasteiger charge is 1.93. The lowest BCUT2D eigenvalue weighted by molar-refractivity contribution is 1.49. The van der Waals surface area contributed by atoms with Gasteiger partial charge in [0.2, 0.25) is 0 Å². The molecule has 0 aliphatic rings. The Kier molecular flexibility index (Phi) is 1.53. The largest absolute Gasteiger partial charge is 0.192 e. The Bertz CT molecular complexity index is 452. The van der Waals surface area contributed by atoms with E-state index < -0.39 is 0 Å². The average molecular weight is 152 g/mol. The van der Waals surface area contributed by atoms with Crippen LogP contribution in [-0.4, -0.2) is 0 Å². The maximum absolute atomic E-state index is 8.62. The van der Waals surface area contributed by atoms with Crippen LogP contribution in [0.4, 0.5) is 0 Å². The molecule has 12 heavy (non-hydrogen) atoms. The van der Waals surface area contributed by atoms with Gasteiger partial charge in [-0.05, 0) is 16.8 Å². The van der Waals surface area contributed by atoms with Crippen molar-refractivity contribution in [1.29, 1.82) is 5.26 Å². The van der Waals surface area contributed by atoms with Gasteiger partial charge in [0, 0.05) is 6.07 Å². The van der Waals surface area contributed by atoms with E-state index in [-0.39, 0.29) is 0 Å². The third-order valence-corrected chi connectivity index (χ3v) is 1.78. The van der Waals surface area contributed by atoms with Gasteiger partial charge in [-0.25, -0.2) is 0 Å². The summed E-state index contributed by atoms with van der Waals surface area (Å²) in [7, 11) is 0. The number of rotatable bonds is 0.